The molecule has 1 aliphatic heterocycles. The second-order valence-corrected chi connectivity index (χ2v) is 7.10. The van der Waals surface area contributed by atoms with Crippen LogP contribution in [0.2, 0.25) is 0 Å². The van der Waals surface area contributed by atoms with Crippen LogP contribution in [-0.4, -0.2) is 85.1 Å². The molecule has 1 saturated heterocycles. The number of benzene rings is 2. The maximum atomic E-state index is 9.47. The van der Waals surface area contributed by atoms with Gasteiger partial charge < -0.3 is 19.9 Å². The quantitative estimate of drug-likeness (QED) is 0.393. The number of hydrogen-bond donors (Lipinski definition) is 2. The van der Waals surface area contributed by atoms with Crippen LogP contribution in [0.3, 0.4) is 0 Å². The Balaban J connectivity index is 1.53. The van der Waals surface area contributed by atoms with E-state index in [1.165, 1.54) is 0 Å². The maximum Gasteiger partial charge on any atom is 0.118 e. The van der Waals surface area contributed by atoms with Crippen LogP contribution in [-0.2, 0) is 0 Å². The summed E-state index contributed by atoms with van der Waals surface area (Å²) in [6.07, 6.45) is 0. The van der Waals surface area contributed by atoms with E-state index in [2.05, 4.69) is 20.1 Å². The number of methoxy groups -OCH3 is 2. The second-order valence-electron chi connectivity index (χ2n) is 7.10. The van der Waals surface area contributed by atoms with Crippen molar-refractivity contribution in [2.45, 2.75) is 0 Å². The molecule has 2 aromatic rings. The standard InChI is InChI=1S/C22H28N4O4/c1-29-19-7-3-17(4-8-19)21(23-27)15-25-11-13-26(14-12-25)16-22(24-28)18-5-9-20(30-2)10-6-18/h3-10,27-28H,11-16H2,1-2H3. The van der Waals surface area contributed by atoms with Crippen molar-refractivity contribution < 1.29 is 19.9 Å². The first kappa shape index (κ1) is 21.6. The van der Waals surface area contributed by atoms with Crippen LogP contribution in [0, 0.1) is 0 Å². The van der Waals surface area contributed by atoms with E-state index in [1.54, 1.807) is 14.2 Å². The van der Waals surface area contributed by atoms with Gasteiger partial charge in [-0.05, 0) is 48.5 Å². The van der Waals surface area contributed by atoms with Gasteiger partial charge in [0.25, 0.3) is 0 Å². The van der Waals surface area contributed by atoms with E-state index < -0.39 is 0 Å². The molecule has 8 heteroatoms. The first-order valence-corrected chi connectivity index (χ1v) is 9.82. The van der Waals surface area contributed by atoms with E-state index >= 15 is 0 Å². The molecule has 1 aliphatic rings. The Morgan fingerprint density at radius 3 is 1.30 bits per heavy atom. The third-order valence-electron chi connectivity index (χ3n) is 5.30. The Morgan fingerprint density at radius 1 is 0.700 bits per heavy atom. The van der Waals surface area contributed by atoms with E-state index in [0.717, 1.165) is 48.8 Å². The van der Waals surface area contributed by atoms with Crippen molar-refractivity contribution in [1.82, 2.24) is 9.80 Å². The Kier molecular flexibility index (Phi) is 7.64. The summed E-state index contributed by atoms with van der Waals surface area (Å²) in [4.78, 5) is 4.50. The fourth-order valence-corrected chi connectivity index (χ4v) is 3.46. The molecule has 0 amide bonds. The first-order valence-electron chi connectivity index (χ1n) is 9.82. The van der Waals surface area contributed by atoms with Crippen LogP contribution in [0.4, 0.5) is 0 Å². The van der Waals surface area contributed by atoms with Gasteiger partial charge in [0.05, 0.1) is 14.2 Å². The average Bonchev–Trinajstić information content (AvgIpc) is 2.82. The molecule has 0 aliphatic carbocycles. The molecular weight excluding hydrogens is 384 g/mol. The normalized spacial score (nSPS) is 16.5. The highest BCUT2D eigenvalue weighted by Crippen LogP contribution is 2.15. The highest BCUT2D eigenvalue weighted by Gasteiger charge is 2.21. The van der Waals surface area contributed by atoms with Crippen molar-refractivity contribution in [2.75, 3.05) is 53.5 Å². The van der Waals surface area contributed by atoms with Gasteiger partial charge in [0.15, 0.2) is 0 Å². The Morgan fingerprint density at radius 2 is 1.03 bits per heavy atom. The molecule has 0 atom stereocenters. The van der Waals surface area contributed by atoms with E-state index in [0.29, 0.717) is 24.5 Å². The highest BCUT2D eigenvalue weighted by atomic mass is 16.5. The van der Waals surface area contributed by atoms with Crippen LogP contribution in [0.1, 0.15) is 11.1 Å². The zero-order valence-electron chi connectivity index (χ0n) is 17.4. The smallest absolute Gasteiger partial charge is 0.118 e. The predicted octanol–water partition coefficient (Wildman–Crippen LogP) is 2.38. The molecule has 1 fully saturated rings. The minimum atomic E-state index is 0.566. The van der Waals surface area contributed by atoms with E-state index in [4.69, 9.17) is 9.47 Å². The lowest BCUT2D eigenvalue weighted by molar-refractivity contribution is 0.159. The molecule has 1 heterocycles. The van der Waals surface area contributed by atoms with Gasteiger partial charge in [-0.25, -0.2) is 0 Å². The van der Waals surface area contributed by atoms with Crippen molar-refractivity contribution in [1.29, 1.82) is 0 Å². The topological polar surface area (TPSA) is 90.1 Å². The minimum absolute atomic E-state index is 0.566. The van der Waals surface area contributed by atoms with Gasteiger partial charge in [0, 0.05) is 50.4 Å². The number of hydrogen-bond acceptors (Lipinski definition) is 8. The average molecular weight is 412 g/mol. The molecule has 0 bridgehead atoms. The molecule has 2 N–H and O–H groups in total. The van der Waals surface area contributed by atoms with E-state index in [-0.39, 0.29) is 0 Å². The molecular formula is C22H28N4O4. The van der Waals surface area contributed by atoms with E-state index in [9.17, 15) is 10.4 Å². The van der Waals surface area contributed by atoms with Gasteiger partial charge in [-0.1, -0.05) is 10.3 Å². The summed E-state index contributed by atoms with van der Waals surface area (Å²) in [7, 11) is 3.24. The van der Waals surface area contributed by atoms with Crippen LogP contribution < -0.4 is 9.47 Å². The highest BCUT2D eigenvalue weighted by molar-refractivity contribution is 6.02. The zero-order valence-corrected chi connectivity index (χ0v) is 17.4. The summed E-state index contributed by atoms with van der Waals surface area (Å²) in [5.41, 5.74) is 2.99. The zero-order chi connectivity index (χ0) is 21.3. The molecule has 0 saturated carbocycles. The lowest BCUT2D eigenvalue weighted by Crippen LogP contribution is -2.49. The molecule has 160 valence electrons. The summed E-state index contributed by atoms with van der Waals surface area (Å²) in [6, 6.07) is 15.0. The van der Waals surface area contributed by atoms with Crippen molar-refractivity contribution in [3.63, 3.8) is 0 Å². The van der Waals surface area contributed by atoms with Crippen LogP contribution in [0.5, 0.6) is 11.5 Å². The molecule has 0 spiro atoms. The number of rotatable bonds is 8. The molecule has 2 aromatic carbocycles. The van der Waals surface area contributed by atoms with Crippen LogP contribution in [0.25, 0.3) is 0 Å². The molecule has 3 rings (SSSR count). The summed E-state index contributed by atoms with van der Waals surface area (Å²) >= 11 is 0. The van der Waals surface area contributed by atoms with Crippen molar-refractivity contribution >= 4 is 11.4 Å². The van der Waals surface area contributed by atoms with Gasteiger partial charge in [-0.15, -0.1) is 0 Å². The van der Waals surface area contributed by atoms with Gasteiger partial charge in [0.1, 0.15) is 22.9 Å². The van der Waals surface area contributed by atoms with Gasteiger partial charge in [-0.3, -0.25) is 9.80 Å². The molecule has 8 nitrogen and oxygen atoms in total. The monoisotopic (exact) mass is 412 g/mol. The molecule has 0 radical (unpaired) electrons. The van der Waals surface area contributed by atoms with Crippen LogP contribution >= 0.6 is 0 Å². The number of oxime groups is 2. The Hall–Kier alpha value is -3.10. The third kappa shape index (κ3) is 5.49. The minimum Gasteiger partial charge on any atom is -0.497 e. The Bertz CT molecular complexity index is 784. The number of nitrogens with zero attached hydrogens (tertiary/aromatic N) is 4. The number of piperazine rings is 1. The Labute approximate surface area is 176 Å². The second kappa shape index (κ2) is 10.6. The predicted molar refractivity (Wildman–Crippen MR) is 116 cm³/mol. The van der Waals surface area contributed by atoms with Gasteiger partial charge >= 0.3 is 0 Å². The summed E-state index contributed by atoms with van der Waals surface area (Å²) < 4.78 is 10.4. The maximum absolute atomic E-state index is 9.47. The fourth-order valence-electron chi connectivity index (χ4n) is 3.46. The van der Waals surface area contributed by atoms with Crippen LogP contribution in [0.15, 0.2) is 58.8 Å². The van der Waals surface area contributed by atoms with Gasteiger partial charge in [0.2, 0.25) is 0 Å². The van der Waals surface area contributed by atoms with E-state index in [1.807, 2.05) is 48.5 Å². The number of ether oxygens (including phenoxy) is 2. The molecule has 0 unspecified atom stereocenters. The molecule has 0 aromatic heterocycles. The third-order valence-corrected chi connectivity index (χ3v) is 5.30. The first-order chi connectivity index (χ1) is 14.7. The largest absolute Gasteiger partial charge is 0.497 e. The summed E-state index contributed by atoms with van der Waals surface area (Å²) in [5.74, 6) is 1.53. The lowest BCUT2D eigenvalue weighted by Gasteiger charge is -2.34. The summed E-state index contributed by atoms with van der Waals surface area (Å²) in [5, 5.41) is 25.9. The van der Waals surface area contributed by atoms with Crippen molar-refractivity contribution in [3.8, 4) is 11.5 Å². The van der Waals surface area contributed by atoms with Gasteiger partial charge in [-0.2, -0.15) is 0 Å². The van der Waals surface area contributed by atoms with Crippen molar-refractivity contribution in [2.24, 2.45) is 10.3 Å². The SMILES string of the molecule is COc1ccc(C(CN2CCN(CC(=NO)c3ccc(OC)cc3)CC2)=NO)cc1. The fraction of sp³-hybridized carbons (Fsp3) is 0.364. The van der Waals surface area contributed by atoms with Crippen molar-refractivity contribution in [3.05, 3.63) is 59.7 Å². The summed E-state index contributed by atoms with van der Waals surface area (Å²) in [6.45, 7) is 4.45. The lowest BCUT2D eigenvalue weighted by atomic mass is 10.1. The molecule has 30 heavy (non-hydrogen) atoms.